The molecule has 0 atom stereocenters. The first-order valence-electron chi connectivity index (χ1n) is 13.4. The van der Waals surface area contributed by atoms with Gasteiger partial charge in [-0.25, -0.2) is 0 Å². The molecule has 0 amide bonds. The van der Waals surface area contributed by atoms with Crippen molar-refractivity contribution in [3.8, 4) is 0 Å². The molecule has 216 valence electrons. The van der Waals surface area contributed by atoms with E-state index in [1.807, 2.05) is 0 Å². The Bertz CT molecular complexity index is 587. The smallest absolute Gasteiger partial charge is 0.305 e. The summed E-state index contributed by atoms with van der Waals surface area (Å²) in [6, 6.07) is 0. The van der Waals surface area contributed by atoms with Gasteiger partial charge in [0.2, 0.25) is 0 Å². The monoisotopic (exact) mass is 532 g/mol. The van der Waals surface area contributed by atoms with E-state index in [2.05, 4.69) is 23.3 Å². The third-order valence-corrected chi connectivity index (χ3v) is 4.81. The predicted molar refractivity (Wildman–Crippen MR) is 137 cm³/mol. The summed E-state index contributed by atoms with van der Waals surface area (Å²) in [5.74, 6) is -1.64. The molecule has 37 heavy (non-hydrogen) atoms. The van der Waals surface area contributed by atoms with Crippen LogP contribution in [0.1, 0.15) is 112 Å². The lowest BCUT2D eigenvalue weighted by Crippen LogP contribution is -2.29. The van der Waals surface area contributed by atoms with E-state index in [0.717, 1.165) is 64.2 Å². The van der Waals surface area contributed by atoms with Crippen molar-refractivity contribution < 1.29 is 47.7 Å². The van der Waals surface area contributed by atoms with Gasteiger partial charge in [-0.3, -0.25) is 24.0 Å². The highest BCUT2D eigenvalue weighted by molar-refractivity contribution is 5.69. The lowest BCUT2D eigenvalue weighted by molar-refractivity contribution is -0.163. The van der Waals surface area contributed by atoms with Crippen LogP contribution in [0.2, 0.25) is 0 Å². The molecule has 0 aliphatic carbocycles. The van der Waals surface area contributed by atoms with E-state index in [9.17, 15) is 24.0 Å². The molecule has 0 radical (unpaired) electrons. The maximum Gasteiger partial charge on any atom is 0.305 e. The molecule has 0 N–H and O–H groups in total. The van der Waals surface area contributed by atoms with Crippen LogP contribution in [-0.4, -0.2) is 62.4 Å². The molecule has 0 fully saturated rings. The second-order valence-electron chi connectivity index (χ2n) is 8.61. The first-order valence-corrected chi connectivity index (χ1v) is 13.4. The number of rotatable bonds is 20. The molecular weight excluding hydrogens is 484 g/mol. The Hall–Kier alpha value is -2.65. The molecule has 0 spiro atoms. The zero-order valence-electron chi connectivity index (χ0n) is 23.5. The van der Waals surface area contributed by atoms with Crippen LogP contribution in [0.5, 0.6) is 0 Å². The minimum Gasteiger partial charge on any atom is -0.466 e. The van der Waals surface area contributed by atoms with Gasteiger partial charge in [-0.1, -0.05) is 52.4 Å². The third kappa shape index (κ3) is 31.3. The number of hydrogen-bond donors (Lipinski definition) is 0. The van der Waals surface area contributed by atoms with Crippen molar-refractivity contribution in [2.24, 2.45) is 0 Å². The SMILES string of the molecule is CC(=O)OCC(COC(C)=O)OC(C)=O.CCCCOC(=O)CCCCCCCCC(=O)OCCCC. The van der Waals surface area contributed by atoms with Gasteiger partial charge in [0, 0.05) is 33.6 Å². The zero-order valence-corrected chi connectivity index (χ0v) is 23.5. The molecule has 0 heterocycles. The molecule has 0 bridgehead atoms. The van der Waals surface area contributed by atoms with E-state index in [4.69, 9.17) is 14.2 Å². The molecule has 10 heteroatoms. The Morgan fingerprint density at radius 3 is 1.22 bits per heavy atom. The lowest BCUT2D eigenvalue weighted by Gasteiger charge is -2.15. The maximum absolute atomic E-state index is 11.4. The van der Waals surface area contributed by atoms with Crippen LogP contribution in [0.4, 0.5) is 0 Å². The standard InChI is InChI=1S/C18H34O4.C9H14O6/c1-3-5-15-21-17(19)13-11-9-7-8-10-12-14-18(20)22-16-6-4-2;1-6(10)13-4-9(15-8(3)12)5-14-7(2)11/h3-16H2,1-2H3;9H,4-5H2,1-3H3. The van der Waals surface area contributed by atoms with Gasteiger partial charge in [-0.2, -0.15) is 0 Å². The molecule has 0 aliphatic heterocycles. The van der Waals surface area contributed by atoms with Crippen LogP contribution < -0.4 is 0 Å². The lowest BCUT2D eigenvalue weighted by atomic mass is 10.1. The summed E-state index contributed by atoms with van der Waals surface area (Å²) in [4.78, 5) is 54.4. The van der Waals surface area contributed by atoms with Crippen LogP contribution in [0.3, 0.4) is 0 Å². The van der Waals surface area contributed by atoms with Crippen LogP contribution in [0.15, 0.2) is 0 Å². The number of esters is 5. The molecule has 0 aromatic carbocycles. The second kappa shape index (κ2) is 26.4. The van der Waals surface area contributed by atoms with Crippen molar-refractivity contribution in [1.82, 2.24) is 0 Å². The molecular formula is C27H48O10. The fourth-order valence-electron chi connectivity index (χ4n) is 2.82. The third-order valence-electron chi connectivity index (χ3n) is 4.81. The highest BCUT2D eigenvalue weighted by atomic mass is 16.6. The van der Waals surface area contributed by atoms with Crippen molar-refractivity contribution in [2.45, 2.75) is 118 Å². The van der Waals surface area contributed by atoms with Gasteiger partial charge < -0.3 is 23.7 Å². The average Bonchev–Trinajstić information content (AvgIpc) is 2.83. The normalized spacial score (nSPS) is 10.1. The molecule has 0 aromatic rings. The molecule has 0 aromatic heterocycles. The van der Waals surface area contributed by atoms with Gasteiger partial charge in [0.25, 0.3) is 0 Å². The van der Waals surface area contributed by atoms with Gasteiger partial charge in [-0.15, -0.1) is 0 Å². The van der Waals surface area contributed by atoms with Crippen molar-refractivity contribution in [3.63, 3.8) is 0 Å². The summed E-state index contributed by atoms with van der Waals surface area (Å²) in [7, 11) is 0. The fourth-order valence-corrected chi connectivity index (χ4v) is 2.82. The van der Waals surface area contributed by atoms with Crippen molar-refractivity contribution in [2.75, 3.05) is 26.4 Å². The predicted octanol–water partition coefficient (Wildman–Crippen LogP) is 4.84. The summed E-state index contributed by atoms with van der Waals surface area (Å²) in [6.45, 7) is 8.72. The number of ether oxygens (including phenoxy) is 5. The van der Waals surface area contributed by atoms with Crippen LogP contribution in [-0.2, 0) is 47.7 Å². The Kier molecular flexibility index (Phi) is 26.1. The van der Waals surface area contributed by atoms with E-state index in [1.54, 1.807) is 0 Å². The van der Waals surface area contributed by atoms with Gasteiger partial charge >= 0.3 is 29.8 Å². The van der Waals surface area contributed by atoms with E-state index in [1.165, 1.54) is 20.8 Å². The van der Waals surface area contributed by atoms with E-state index in [-0.39, 0.29) is 25.2 Å². The van der Waals surface area contributed by atoms with Gasteiger partial charge in [0.15, 0.2) is 6.10 Å². The van der Waals surface area contributed by atoms with E-state index in [0.29, 0.717) is 26.1 Å². The van der Waals surface area contributed by atoms with Gasteiger partial charge in [-0.05, 0) is 25.7 Å². The summed E-state index contributed by atoms with van der Waals surface area (Å²) in [5.41, 5.74) is 0. The Balaban J connectivity index is 0. The molecule has 0 rings (SSSR count). The molecule has 10 nitrogen and oxygen atoms in total. The highest BCUT2D eigenvalue weighted by Crippen LogP contribution is 2.10. The first kappa shape index (κ1) is 36.5. The topological polar surface area (TPSA) is 132 Å². The summed E-state index contributed by atoms with van der Waals surface area (Å²) in [6.07, 6.45) is 10.5. The summed E-state index contributed by atoms with van der Waals surface area (Å²) in [5, 5.41) is 0. The Labute approximate surface area is 222 Å². The zero-order chi connectivity index (χ0) is 28.3. The van der Waals surface area contributed by atoms with Crippen molar-refractivity contribution in [1.29, 1.82) is 0 Å². The first-order chi connectivity index (χ1) is 17.6. The van der Waals surface area contributed by atoms with Crippen LogP contribution in [0, 0.1) is 0 Å². The van der Waals surface area contributed by atoms with Crippen molar-refractivity contribution >= 4 is 29.8 Å². The molecule has 0 saturated heterocycles. The van der Waals surface area contributed by atoms with Crippen LogP contribution >= 0.6 is 0 Å². The quantitative estimate of drug-likeness (QED) is 0.122. The van der Waals surface area contributed by atoms with E-state index >= 15 is 0 Å². The van der Waals surface area contributed by atoms with Crippen LogP contribution in [0.25, 0.3) is 0 Å². The second-order valence-corrected chi connectivity index (χ2v) is 8.61. The van der Waals surface area contributed by atoms with Crippen molar-refractivity contribution in [3.05, 3.63) is 0 Å². The van der Waals surface area contributed by atoms with Gasteiger partial charge in [0.05, 0.1) is 13.2 Å². The number of carbonyl (C=O) groups excluding carboxylic acids is 5. The van der Waals surface area contributed by atoms with Gasteiger partial charge in [0.1, 0.15) is 13.2 Å². The number of unbranched alkanes of at least 4 members (excludes halogenated alkanes) is 7. The molecule has 0 unspecified atom stereocenters. The minimum atomic E-state index is -0.754. The number of hydrogen-bond acceptors (Lipinski definition) is 10. The van der Waals surface area contributed by atoms with E-state index < -0.39 is 24.0 Å². The largest absolute Gasteiger partial charge is 0.466 e. The summed E-state index contributed by atoms with van der Waals surface area (Å²) < 4.78 is 24.2. The fraction of sp³-hybridized carbons (Fsp3) is 0.815. The number of carbonyl (C=O) groups is 5. The highest BCUT2D eigenvalue weighted by Gasteiger charge is 2.15. The average molecular weight is 533 g/mol. The molecule has 0 saturated carbocycles. The maximum atomic E-state index is 11.4. The summed E-state index contributed by atoms with van der Waals surface area (Å²) >= 11 is 0. The molecule has 0 aliphatic rings. The Morgan fingerprint density at radius 1 is 0.514 bits per heavy atom. The minimum absolute atomic E-state index is 0.0664. The Morgan fingerprint density at radius 2 is 0.892 bits per heavy atom.